The highest BCUT2D eigenvalue weighted by molar-refractivity contribution is 7.82. The molecule has 208 valence electrons. The SMILES string of the molecule is CCCCCCCCCCCCCCCC(=O)C(=S)C(C)CCCCCCCCCCCCCC. The highest BCUT2D eigenvalue weighted by Crippen LogP contribution is 2.18. The Labute approximate surface area is 227 Å². The molecule has 0 rings (SSSR count). The van der Waals surface area contributed by atoms with E-state index >= 15 is 0 Å². The molecule has 0 spiro atoms. The minimum Gasteiger partial charge on any atom is -0.294 e. The second-order valence-corrected chi connectivity index (χ2v) is 11.8. The van der Waals surface area contributed by atoms with Crippen LogP contribution in [0.3, 0.4) is 0 Å². The zero-order valence-electron chi connectivity index (χ0n) is 24.5. The van der Waals surface area contributed by atoms with Crippen LogP contribution in [0.25, 0.3) is 0 Å². The van der Waals surface area contributed by atoms with Gasteiger partial charge < -0.3 is 0 Å². The monoisotopic (exact) mass is 508 g/mol. The zero-order valence-corrected chi connectivity index (χ0v) is 25.3. The van der Waals surface area contributed by atoms with E-state index in [4.69, 9.17) is 12.2 Å². The van der Waals surface area contributed by atoms with E-state index in [1.165, 1.54) is 154 Å². The Morgan fingerprint density at radius 3 is 1.11 bits per heavy atom. The number of Topliss-reactive ketones (excluding diaryl/α,β-unsaturated/α-hetero) is 1. The molecule has 0 saturated heterocycles. The van der Waals surface area contributed by atoms with Gasteiger partial charge in [-0.3, -0.25) is 4.79 Å². The predicted molar refractivity (Wildman–Crippen MR) is 163 cm³/mol. The van der Waals surface area contributed by atoms with E-state index in [-0.39, 0.29) is 5.78 Å². The molecule has 0 heterocycles. The van der Waals surface area contributed by atoms with Crippen LogP contribution < -0.4 is 0 Å². The molecule has 0 aromatic carbocycles. The van der Waals surface area contributed by atoms with Gasteiger partial charge in [0.15, 0.2) is 5.78 Å². The normalized spacial score (nSPS) is 12.2. The van der Waals surface area contributed by atoms with Gasteiger partial charge >= 0.3 is 0 Å². The van der Waals surface area contributed by atoms with Gasteiger partial charge in [0, 0.05) is 6.42 Å². The van der Waals surface area contributed by atoms with Gasteiger partial charge in [0.1, 0.15) is 0 Å². The summed E-state index contributed by atoms with van der Waals surface area (Å²) in [5, 5.41) is 0. The number of ketones is 1. The summed E-state index contributed by atoms with van der Waals surface area (Å²) >= 11 is 5.53. The molecule has 0 fully saturated rings. The molecule has 0 aromatic rings. The van der Waals surface area contributed by atoms with Crippen molar-refractivity contribution in [3.63, 3.8) is 0 Å². The Balaban J connectivity index is 3.45. The first kappa shape index (κ1) is 34.8. The minimum absolute atomic E-state index is 0.259. The van der Waals surface area contributed by atoms with Crippen LogP contribution in [0.1, 0.15) is 194 Å². The van der Waals surface area contributed by atoms with Gasteiger partial charge in [0.2, 0.25) is 0 Å². The molecular weight excluding hydrogens is 444 g/mol. The Kier molecular flexibility index (Phi) is 28.1. The standard InChI is InChI=1S/C33H64OS/c1-4-6-8-10-12-14-16-18-20-22-24-26-28-30-32(34)33(35)31(3)29-27-25-23-21-19-17-15-13-11-9-7-5-2/h31H,4-30H2,1-3H3. The van der Waals surface area contributed by atoms with Gasteiger partial charge in [0.25, 0.3) is 0 Å². The van der Waals surface area contributed by atoms with Crippen LogP contribution in [-0.2, 0) is 4.79 Å². The molecule has 35 heavy (non-hydrogen) atoms. The van der Waals surface area contributed by atoms with Crippen LogP contribution >= 0.6 is 12.2 Å². The van der Waals surface area contributed by atoms with Gasteiger partial charge in [-0.25, -0.2) is 0 Å². The molecule has 0 aliphatic rings. The lowest BCUT2D eigenvalue weighted by molar-refractivity contribution is -0.113. The number of unbranched alkanes of at least 4 members (excludes halogenated alkanes) is 23. The van der Waals surface area contributed by atoms with Crippen molar-refractivity contribution >= 4 is 22.9 Å². The van der Waals surface area contributed by atoms with E-state index in [0.717, 1.165) is 17.7 Å². The summed E-state index contributed by atoms with van der Waals surface area (Å²) in [5.41, 5.74) is 0. The van der Waals surface area contributed by atoms with E-state index in [2.05, 4.69) is 20.8 Å². The number of carbonyl (C=O) groups excluding carboxylic acids is 1. The average molecular weight is 509 g/mol. The first-order valence-electron chi connectivity index (χ1n) is 16.2. The molecule has 0 aliphatic heterocycles. The second kappa shape index (κ2) is 28.3. The van der Waals surface area contributed by atoms with Crippen molar-refractivity contribution in [2.24, 2.45) is 5.92 Å². The topological polar surface area (TPSA) is 17.1 Å². The van der Waals surface area contributed by atoms with Crippen molar-refractivity contribution < 1.29 is 4.79 Å². The van der Waals surface area contributed by atoms with Crippen LogP contribution in [0.15, 0.2) is 0 Å². The molecule has 0 N–H and O–H groups in total. The molecule has 0 aromatic heterocycles. The number of rotatable bonds is 29. The number of hydrogen-bond acceptors (Lipinski definition) is 2. The summed E-state index contributed by atoms with van der Waals surface area (Å²) in [5.74, 6) is 0.553. The van der Waals surface area contributed by atoms with E-state index in [0.29, 0.717) is 12.3 Å². The third-order valence-corrected chi connectivity index (χ3v) is 8.35. The van der Waals surface area contributed by atoms with Gasteiger partial charge in [-0.2, -0.15) is 0 Å². The quantitative estimate of drug-likeness (QED) is 0.0738. The Morgan fingerprint density at radius 1 is 0.486 bits per heavy atom. The summed E-state index contributed by atoms with van der Waals surface area (Å²) in [6, 6.07) is 0. The molecule has 1 nitrogen and oxygen atoms in total. The van der Waals surface area contributed by atoms with Gasteiger partial charge in [-0.15, -0.1) is 0 Å². The zero-order chi connectivity index (χ0) is 25.8. The summed E-state index contributed by atoms with van der Waals surface area (Å²) in [7, 11) is 0. The number of carbonyl (C=O) groups is 1. The van der Waals surface area contributed by atoms with Crippen molar-refractivity contribution in [2.45, 2.75) is 194 Å². The first-order valence-corrected chi connectivity index (χ1v) is 16.6. The fourth-order valence-electron chi connectivity index (χ4n) is 5.12. The minimum atomic E-state index is 0.259. The van der Waals surface area contributed by atoms with Crippen molar-refractivity contribution in [3.05, 3.63) is 0 Å². The highest BCUT2D eigenvalue weighted by Gasteiger charge is 2.16. The van der Waals surface area contributed by atoms with Gasteiger partial charge in [-0.05, 0) is 18.8 Å². The second-order valence-electron chi connectivity index (χ2n) is 11.4. The average Bonchev–Trinajstić information content (AvgIpc) is 2.86. The maximum Gasteiger partial charge on any atom is 0.169 e. The van der Waals surface area contributed by atoms with E-state index in [1.54, 1.807) is 0 Å². The summed E-state index contributed by atoms with van der Waals surface area (Å²) < 4.78 is 0. The third-order valence-electron chi connectivity index (χ3n) is 7.72. The highest BCUT2D eigenvalue weighted by atomic mass is 32.1. The van der Waals surface area contributed by atoms with Crippen LogP contribution in [-0.4, -0.2) is 10.6 Å². The molecule has 0 amide bonds. The van der Waals surface area contributed by atoms with Crippen LogP contribution in [0, 0.1) is 5.92 Å². The number of thiocarbonyl (C=S) groups is 1. The maximum absolute atomic E-state index is 12.5. The largest absolute Gasteiger partial charge is 0.294 e. The fourth-order valence-corrected chi connectivity index (χ4v) is 5.34. The molecule has 0 radical (unpaired) electrons. The maximum atomic E-state index is 12.5. The molecule has 2 heteroatoms. The van der Waals surface area contributed by atoms with Crippen molar-refractivity contribution in [2.75, 3.05) is 0 Å². The van der Waals surface area contributed by atoms with Crippen LogP contribution in [0.5, 0.6) is 0 Å². The first-order chi connectivity index (χ1) is 17.1. The third kappa shape index (κ3) is 25.2. The lowest BCUT2D eigenvalue weighted by Crippen LogP contribution is -2.19. The van der Waals surface area contributed by atoms with Crippen molar-refractivity contribution in [3.8, 4) is 0 Å². The lowest BCUT2D eigenvalue weighted by Gasteiger charge is -2.12. The fraction of sp³-hybridized carbons (Fsp3) is 0.939. The van der Waals surface area contributed by atoms with Gasteiger partial charge in [0.05, 0.1) is 4.86 Å². The van der Waals surface area contributed by atoms with Gasteiger partial charge in [-0.1, -0.05) is 187 Å². The molecule has 1 unspecified atom stereocenters. The summed E-state index contributed by atoms with van der Waals surface area (Å²) in [4.78, 5) is 13.2. The van der Waals surface area contributed by atoms with Crippen LogP contribution in [0.2, 0.25) is 0 Å². The summed E-state index contributed by atoms with van der Waals surface area (Å²) in [6.07, 6.45) is 35.8. The number of hydrogen-bond donors (Lipinski definition) is 0. The lowest BCUT2D eigenvalue weighted by atomic mass is 9.94. The van der Waals surface area contributed by atoms with Crippen molar-refractivity contribution in [1.29, 1.82) is 0 Å². The molecule has 0 bridgehead atoms. The Morgan fingerprint density at radius 2 is 0.771 bits per heavy atom. The van der Waals surface area contributed by atoms with Crippen LogP contribution in [0.4, 0.5) is 0 Å². The summed E-state index contributed by atoms with van der Waals surface area (Å²) in [6.45, 7) is 6.74. The molecule has 0 saturated carbocycles. The van der Waals surface area contributed by atoms with E-state index < -0.39 is 0 Å². The molecule has 1 atom stereocenters. The Bertz CT molecular complexity index is 458. The predicted octanol–water partition coefficient (Wildman–Crippen LogP) is 12.1. The molecule has 0 aliphatic carbocycles. The van der Waals surface area contributed by atoms with E-state index in [1.807, 2.05) is 0 Å². The smallest absolute Gasteiger partial charge is 0.169 e. The molecular formula is C33H64OS. The van der Waals surface area contributed by atoms with Crippen molar-refractivity contribution in [1.82, 2.24) is 0 Å². The Hall–Kier alpha value is -0.240. The van der Waals surface area contributed by atoms with E-state index in [9.17, 15) is 4.79 Å².